The van der Waals surface area contributed by atoms with Crippen LogP contribution < -0.4 is 0 Å². The highest BCUT2D eigenvalue weighted by Crippen LogP contribution is 2.47. The maximum absolute atomic E-state index is 3.88. The predicted octanol–water partition coefficient (Wildman–Crippen LogP) is 9.59. The summed E-state index contributed by atoms with van der Waals surface area (Å²) in [6.45, 7) is 11.1. The molecular weight excluding hydrogens is 456 g/mol. The Hall–Kier alpha value is -4.25. The fourth-order valence-corrected chi connectivity index (χ4v) is 6.60. The van der Waals surface area contributed by atoms with Crippen LogP contribution in [0.1, 0.15) is 69.8 Å². The zero-order valence-electron chi connectivity index (χ0n) is 22.9. The molecular formula is C38H33+. The monoisotopic (exact) mass is 489 g/mol. The summed E-state index contributed by atoms with van der Waals surface area (Å²) in [5.41, 5.74) is 20.7. The first-order valence-electron chi connectivity index (χ1n) is 13.5. The van der Waals surface area contributed by atoms with Gasteiger partial charge < -0.3 is 0 Å². The first-order chi connectivity index (χ1) is 18.4. The third-order valence-electron chi connectivity index (χ3n) is 7.97. The molecule has 0 heterocycles. The van der Waals surface area contributed by atoms with Crippen LogP contribution in [0.25, 0.3) is 5.57 Å². The van der Waals surface area contributed by atoms with Gasteiger partial charge in [-0.15, -0.1) is 0 Å². The lowest BCUT2D eigenvalue weighted by atomic mass is 9.71. The lowest BCUT2D eigenvalue weighted by Gasteiger charge is -2.32. The number of rotatable bonds is 2. The van der Waals surface area contributed by atoms with Gasteiger partial charge in [0.1, 0.15) is 0 Å². The molecule has 0 aromatic heterocycles. The molecule has 0 radical (unpaired) electrons. The van der Waals surface area contributed by atoms with Gasteiger partial charge in [0.2, 0.25) is 0 Å². The zero-order chi connectivity index (χ0) is 26.4. The summed E-state index contributed by atoms with van der Waals surface area (Å²) in [4.78, 5) is 0. The number of benzene rings is 4. The van der Waals surface area contributed by atoms with Crippen LogP contribution in [0, 0.1) is 26.7 Å². The molecule has 0 unspecified atom stereocenters. The Labute approximate surface area is 227 Å². The van der Waals surface area contributed by atoms with Crippen LogP contribution in [-0.2, 0) is 0 Å². The normalized spacial score (nSPS) is 16.3. The second-order valence-electron chi connectivity index (χ2n) is 10.8. The number of fused-ring (bicyclic) bond motifs is 2. The van der Waals surface area contributed by atoms with Crippen molar-refractivity contribution in [3.63, 3.8) is 0 Å². The number of allylic oxidation sites excluding steroid dienone is 5. The van der Waals surface area contributed by atoms with Crippen LogP contribution in [0.5, 0.6) is 0 Å². The van der Waals surface area contributed by atoms with E-state index in [1.165, 1.54) is 72.7 Å². The fraction of sp³-hybridized carbons (Fsp3) is 0.158. The molecule has 0 bridgehead atoms. The van der Waals surface area contributed by atoms with Crippen molar-refractivity contribution in [2.75, 3.05) is 0 Å². The second kappa shape index (κ2) is 9.56. The van der Waals surface area contributed by atoms with Gasteiger partial charge in [-0.05, 0) is 91.8 Å². The molecule has 38 heavy (non-hydrogen) atoms. The van der Waals surface area contributed by atoms with Gasteiger partial charge in [-0.1, -0.05) is 72.0 Å². The van der Waals surface area contributed by atoms with E-state index in [0.29, 0.717) is 0 Å². The van der Waals surface area contributed by atoms with Gasteiger partial charge in [0.25, 0.3) is 0 Å². The van der Waals surface area contributed by atoms with Crippen molar-refractivity contribution in [2.24, 2.45) is 0 Å². The average Bonchev–Trinajstić information content (AvgIpc) is 2.90. The van der Waals surface area contributed by atoms with Crippen molar-refractivity contribution in [3.8, 4) is 0 Å². The maximum atomic E-state index is 3.88. The summed E-state index contributed by atoms with van der Waals surface area (Å²) in [6, 6.07) is 33.2. The van der Waals surface area contributed by atoms with Gasteiger partial charge in [-0.25, -0.2) is 0 Å². The van der Waals surface area contributed by atoms with Crippen LogP contribution in [0.4, 0.5) is 0 Å². The molecule has 6 rings (SSSR count). The zero-order valence-corrected chi connectivity index (χ0v) is 22.9. The number of hydrogen-bond acceptors (Lipinski definition) is 0. The Morgan fingerprint density at radius 3 is 1.66 bits per heavy atom. The van der Waals surface area contributed by atoms with E-state index in [-0.39, 0.29) is 5.92 Å². The molecule has 2 aliphatic rings. The molecule has 2 aliphatic carbocycles. The van der Waals surface area contributed by atoms with Crippen molar-refractivity contribution in [1.29, 1.82) is 0 Å². The Kier molecular flexibility index (Phi) is 6.07. The van der Waals surface area contributed by atoms with E-state index in [2.05, 4.69) is 143 Å². The number of aryl methyl sites for hydroxylation is 3. The van der Waals surface area contributed by atoms with Gasteiger partial charge in [0.15, 0.2) is 0 Å². The molecule has 0 spiro atoms. The van der Waals surface area contributed by atoms with E-state index < -0.39 is 0 Å². The lowest BCUT2D eigenvalue weighted by molar-refractivity contribution is 0.924. The highest BCUT2D eigenvalue weighted by atomic mass is 14.3. The van der Waals surface area contributed by atoms with Crippen molar-refractivity contribution < 1.29 is 0 Å². The quantitative estimate of drug-likeness (QED) is 0.171. The predicted molar refractivity (Wildman–Crippen MR) is 160 cm³/mol. The minimum atomic E-state index is 0.206. The molecule has 4 aromatic rings. The van der Waals surface area contributed by atoms with Crippen molar-refractivity contribution in [2.45, 2.75) is 40.5 Å². The standard InChI is InChI=1S/C38H33/c1-24-19-25(2)37(26(3)20-24)38-33-17-11-9-15-31(33)35(32-16-10-12-18-34(32)38)23-29-21-27(4)36(28(5)22-29)30-13-7-6-8-14-30/h6-22,38H,1-5H3/q+1. The Bertz CT molecular complexity index is 1590. The van der Waals surface area contributed by atoms with Crippen LogP contribution in [0.2, 0.25) is 0 Å². The smallest absolute Gasteiger partial charge is 0.0832 e. The Balaban J connectivity index is 1.58. The summed E-state index contributed by atoms with van der Waals surface area (Å²) in [6.07, 6.45) is 4.57. The largest absolute Gasteiger partial charge is 0.0865 e. The first kappa shape index (κ1) is 24.1. The van der Waals surface area contributed by atoms with E-state index in [1.807, 2.05) is 0 Å². The van der Waals surface area contributed by atoms with Crippen molar-refractivity contribution in [1.82, 2.24) is 0 Å². The minimum Gasteiger partial charge on any atom is -0.0865 e. The molecule has 184 valence electrons. The van der Waals surface area contributed by atoms with Gasteiger partial charge in [-0.2, -0.15) is 0 Å². The van der Waals surface area contributed by atoms with Gasteiger partial charge >= 0.3 is 0 Å². The second-order valence-corrected chi connectivity index (χ2v) is 10.8. The fourth-order valence-electron chi connectivity index (χ4n) is 6.60. The summed E-state index contributed by atoms with van der Waals surface area (Å²) in [5.74, 6) is 1.52. The lowest BCUT2D eigenvalue weighted by Crippen LogP contribution is -2.16. The highest BCUT2D eigenvalue weighted by Gasteiger charge is 2.32. The van der Waals surface area contributed by atoms with Crippen molar-refractivity contribution >= 4 is 5.57 Å². The van der Waals surface area contributed by atoms with Crippen LogP contribution in [0.15, 0.2) is 126 Å². The SMILES string of the molecule is CC1=CC(=C=C2c3ccccc3C(c3c(C)cc(C)cc3C)c3ccccc32)C=C(C)[C+]1c1ccccc1. The molecule has 0 amide bonds. The average molecular weight is 490 g/mol. The molecule has 0 heteroatoms. The van der Waals surface area contributed by atoms with E-state index in [4.69, 9.17) is 0 Å². The van der Waals surface area contributed by atoms with Crippen LogP contribution in [-0.4, -0.2) is 0 Å². The first-order valence-corrected chi connectivity index (χ1v) is 13.5. The van der Waals surface area contributed by atoms with Gasteiger partial charge in [-0.3, -0.25) is 0 Å². The molecule has 4 aromatic carbocycles. The minimum absolute atomic E-state index is 0.206. The van der Waals surface area contributed by atoms with Crippen molar-refractivity contribution in [3.05, 3.63) is 182 Å². The number of hydrogen-bond donors (Lipinski definition) is 0. The molecule has 0 atom stereocenters. The molecule has 0 saturated heterocycles. The third-order valence-corrected chi connectivity index (χ3v) is 7.97. The summed E-state index contributed by atoms with van der Waals surface area (Å²) in [7, 11) is 0. The summed E-state index contributed by atoms with van der Waals surface area (Å²) in [5, 5.41) is 0. The van der Waals surface area contributed by atoms with Gasteiger partial charge in [0, 0.05) is 46.9 Å². The molecule has 0 nitrogen and oxygen atoms in total. The third kappa shape index (κ3) is 4.08. The molecule has 0 N–H and O–H groups in total. The van der Waals surface area contributed by atoms with Gasteiger partial charge in [0.05, 0.1) is 17.1 Å². The van der Waals surface area contributed by atoms with Crippen LogP contribution >= 0.6 is 0 Å². The molecule has 0 saturated carbocycles. The Morgan fingerprint density at radius 2 is 1.11 bits per heavy atom. The molecule has 0 aliphatic heterocycles. The Morgan fingerprint density at radius 1 is 0.605 bits per heavy atom. The summed E-state index contributed by atoms with van der Waals surface area (Å²) < 4.78 is 0. The van der Waals surface area contributed by atoms with E-state index in [1.54, 1.807) is 0 Å². The topological polar surface area (TPSA) is 0 Å². The van der Waals surface area contributed by atoms with Crippen LogP contribution in [0.3, 0.4) is 0 Å². The van der Waals surface area contributed by atoms with E-state index in [9.17, 15) is 0 Å². The maximum Gasteiger partial charge on any atom is 0.0832 e. The molecule has 0 fully saturated rings. The van der Waals surface area contributed by atoms with E-state index >= 15 is 0 Å². The van der Waals surface area contributed by atoms with E-state index in [0.717, 1.165) is 5.57 Å². The highest BCUT2D eigenvalue weighted by molar-refractivity contribution is 5.88. The summed E-state index contributed by atoms with van der Waals surface area (Å²) >= 11 is 0.